The van der Waals surface area contributed by atoms with Gasteiger partial charge in [-0.25, -0.2) is 16.8 Å². The maximum atomic E-state index is 11.3. The van der Waals surface area contributed by atoms with E-state index in [9.17, 15) is 21.6 Å². The Labute approximate surface area is 83.3 Å². The average molecular weight is 240 g/mol. The van der Waals surface area contributed by atoms with Gasteiger partial charge in [0.2, 0.25) is 0 Å². The van der Waals surface area contributed by atoms with Gasteiger partial charge in [-0.05, 0) is 12.8 Å². The van der Waals surface area contributed by atoms with Gasteiger partial charge in [-0.2, -0.15) is 0 Å². The molecule has 1 heterocycles. The highest BCUT2D eigenvalue weighted by atomic mass is 32.2. The highest BCUT2D eigenvalue weighted by Crippen LogP contribution is 2.21. The summed E-state index contributed by atoms with van der Waals surface area (Å²) in [5.41, 5.74) is 0. The zero-order valence-electron chi connectivity index (χ0n) is 7.76. The molecule has 0 bridgehead atoms. The lowest BCUT2D eigenvalue weighted by molar-refractivity contribution is -0.116. The highest BCUT2D eigenvalue weighted by Gasteiger charge is 2.37. The fourth-order valence-corrected chi connectivity index (χ4v) is 4.19. The number of rotatable bonds is 3. The van der Waals surface area contributed by atoms with Gasteiger partial charge in [0.05, 0.1) is 5.75 Å². The minimum absolute atomic E-state index is 0.00678. The largest absolute Gasteiger partial charge is 0.297 e. The molecule has 0 N–H and O–H groups in total. The fraction of sp³-hybridized carbons (Fsp3) is 0.857. The molecule has 0 aromatic heterocycles. The first kappa shape index (κ1) is 11.6. The van der Waals surface area contributed by atoms with E-state index < -0.39 is 36.5 Å². The molecule has 0 amide bonds. The van der Waals surface area contributed by atoms with Crippen molar-refractivity contribution in [2.75, 3.05) is 17.8 Å². The Bertz CT molecular complexity index is 431. The molecule has 1 rings (SSSR count). The van der Waals surface area contributed by atoms with Gasteiger partial charge in [0.25, 0.3) is 0 Å². The summed E-state index contributed by atoms with van der Waals surface area (Å²) in [5.74, 6) is -1.37. The number of carbonyl (C=O) groups excluding carboxylic acids is 1. The van der Waals surface area contributed by atoms with E-state index in [2.05, 4.69) is 0 Å². The quantitative estimate of drug-likeness (QED) is 0.643. The molecule has 1 aliphatic rings. The molecule has 1 saturated heterocycles. The number of ketones is 1. The summed E-state index contributed by atoms with van der Waals surface area (Å²) in [6.45, 7) is 0. The van der Waals surface area contributed by atoms with Crippen LogP contribution in [0.2, 0.25) is 0 Å². The van der Waals surface area contributed by atoms with E-state index in [4.69, 9.17) is 0 Å². The molecule has 0 aliphatic carbocycles. The van der Waals surface area contributed by atoms with Gasteiger partial charge in [-0.3, -0.25) is 4.79 Å². The molecule has 1 fully saturated rings. The number of hydrogen-bond donors (Lipinski definition) is 0. The van der Waals surface area contributed by atoms with Crippen molar-refractivity contribution in [2.45, 2.75) is 18.1 Å². The zero-order chi connectivity index (χ0) is 11.0. The van der Waals surface area contributed by atoms with Crippen LogP contribution in [0.4, 0.5) is 0 Å². The third-order valence-corrected chi connectivity index (χ3v) is 5.12. The lowest BCUT2D eigenvalue weighted by atomic mass is 10.2. The fourth-order valence-electron chi connectivity index (χ4n) is 1.50. The van der Waals surface area contributed by atoms with E-state index >= 15 is 0 Å². The topological polar surface area (TPSA) is 85.3 Å². The first-order valence-electron chi connectivity index (χ1n) is 4.14. The Morgan fingerprint density at radius 1 is 1.43 bits per heavy atom. The van der Waals surface area contributed by atoms with E-state index in [1.54, 1.807) is 0 Å². The molecule has 0 aromatic carbocycles. The number of sulfone groups is 2. The summed E-state index contributed by atoms with van der Waals surface area (Å²) < 4.78 is 44.1. The lowest BCUT2D eigenvalue weighted by Gasteiger charge is -2.06. The first-order valence-corrected chi connectivity index (χ1v) is 7.92. The first-order chi connectivity index (χ1) is 6.22. The van der Waals surface area contributed by atoms with Crippen LogP contribution in [0.15, 0.2) is 0 Å². The van der Waals surface area contributed by atoms with Crippen LogP contribution in [0.5, 0.6) is 0 Å². The van der Waals surface area contributed by atoms with Gasteiger partial charge in [0.1, 0.15) is 11.0 Å². The summed E-state index contributed by atoms with van der Waals surface area (Å²) in [5, 5.41) is -1.09. The van der Waals surface area contributed by atoms with Crippen molar-refractivity contribution in [3.8, 4) is 0 Å². The normalized spacial score (nSPS) is 26.2. The lowest BCUT2D eigenvalue weighted by Crippen LogP contribution is -2.31. The predicted octanol–water partition coefficient (Wildman–Crippen LogP) is -0.823. The molecule has 1 unspecified atom stereocenters. The van der Waals surface area contributed by atoms with Crippen LogP contribution in [-0.4, -0.2) is 45.6 Å². The van der Waals surface area contributed by atoms with Crippen LogP contribution in [0.1, 0.15) is 12.8 Å². The predicted molar refractivity (Wildman–Crippen MR) is 51.5 cm³/mol. The average Bonchev–Trinajstić information content (AvgIpc) is 2.25. The minimum atomic E-state index is -3.42. The van der Waals surface area contributed by atoms with Crippen molar-refractivity contribution in [3.63, 3.8) is 0 Å². The summed E-state index contributed by atoms with van der Waals surface area (Å²) in [6, 6.07) is 0. The van der Waals surface area contributed by atoms with Gasteiger partial charge in [-0.1, -0.05) is 0 Å². The SMILES string of the molecule is CS(=O)(=O)CC(=O)C1CCCS1(=O)=O. The Balaban J connectivity index is 2.82. The smallest absolute Gasteiger partial charge is 0.165 e. The Kier molecular flexibility index (Phi) is 3.01. The van der Waals surface area contributed by atoms with Crippen molar-refractivity contribution in [3.05, 3.63) is 0 Å². The van der Waals surface area contributed by atoms with Gasteiger partial charge in [0.15, 0.2) is 25.5 Å². The molecule has 0 saturated carbocycles. The van der Waals surface area contributed by atoms with Crippen molar-refractivity contribution in [1.82, 2.24) is 0 Å². The van der Waals surface area contributed by atoms with E-state index in [-0.39, 0.29) is 12.2 Å². The summed E-state index contributed by atoms with van der Waals surface area (Å²) >= 11 is 0. The van der Waals surface area contributed by atoms with Crippen LogP contribution in [0.25, 0.3) is 0 Å². The highest BCUT2D eigenvalue weighted by molar-refractivity contribution is 7.94. The summed E-state index contributed by atoms with van der Waals surface area (Å²) in [7, 11) is -6.80. The van der Waals surface area contributed by atoms with Crippen molar-refractivity contribution in [2.24, 2.45) is 0 Å². The Morgan fingerprint density at radius 2 is 2.00 bits per heavy atom. The minimum Gasteiger partial charge on any atom is -0.297 e. The third kappa shape index (κ3) is 2.78. The van der Waals surface area contributed by atoms with Crippen LogP contribution in [0.3, 0.4) is 0 Å². The van der Waals surface area contributed by atoms with Crippen molar-refractivity contribution in [1.29, 1.82) is 0 Å². The molecule has 0 radical (unpaired) electrons. The maximum absolute atomic E-state index is 11.3. The second-order valence-electron chi connectivity index (χ2n) is 3.53. The molecule has 0 spiro atoms. The number of carbonyl (C=O) groups is 1. The van der Waals surface area contributed by atoms with Crippen molar-refractivity contribution < 1.29 is 21.6 Å². The molecular formula is C7H12O5S2. The number of Topliss-reactive ketones (excluding diaryl/α,β-unsaturated/α-hetero) is 1. The second kappa shape index (κ2) is 3.62. The standard InChI is InChI=1S/C7H12O5S2/c1-13(9,10)5-6(8)7-3-2-4-14(7,11)12/h7H,2-5H2,1H3. The monoisotopic (exact) mass is 240 g/mol. The van der Waals surface area contributed by atoms with Crippen LogP contribution in [-0.2, 0) is 24.5 Å². The zero-order valence-corrected chi connectivity index (χ0v) is 9.40. The van der Waals surface area contributed by atoms with Crippen LogP contribution >= 0.6 is 0 Å². The maximum Gasteiger partial charge on any atom is 0.165 e. The van der Waals surface area contributed by atoms with Crippen LogP contribution in [0, 0.1) is 0 Å². The Morgan fingerprint density at radius 3 is 2.36 bits per heavy atom. The van der Waals surface area contributed by atoms with E-state index in [0.717, 1.165) is 6.26 Å². The summed E-state index contributed by atoms with van der Waals surface area (Å²) in [4.78, 5) is 11.3. The van der Waals surface area contributed by atoms with Gasteiger partial charge >= 0.3 is 0 Å². The molecule has 1 aliphatic heterocycles. The molecule has 82 valence electrons. The molecule has 5 nitrogen and oxygen atoms in total. The van der Waals surface area contributed by atoms with Crippen LogP contribution < -0.4 is 0 Å². The Hall–Kier alpha value is -0.430. The van der Waals surface area contributed by atoms with E-state index in [0.29, 0.717) is 6.42 Å². The van der Waals surface area contributed by atoms with Gasteiger partial charge in [-0.15, -0.1) is 0 Å². The molecule has 1 atom stereocenters. The van der Waals surface area contributed by atoms with Gasteiger partial charge < -0.3 is 0 Å². The van der Waals surface area contributed by atoms with Gasteiger partial charge in [0, 0.05) is 6.26 Å². The molecule has 7 heteroatoms. The summed E-state index contributed by atoms with van der Waals surface area (Å²) in [6.07, 6.45) is 1.63. The molecule has 0 aromatic rings. The molecular weight excluding hydrogens is 228 g/mol. The van der Waals surface area contributed by atoms with Crippen molar-refractivity contribution >= 4 is 25.5 Å². The number of hydrogen-bond acceptors (Lipinski definition) is 5. The molecule has 14 heavy (non-hydrogen) atoms. The van der Waals surface area contributed by atoms with E-state index in [1.165, 1.54) is 0 Å². The second-order valence-corrected chi connectivity index (χ2v) is 7.98. The van der Waals surface area contributed by atoms with E-state index in [1.807, 2.05) is 0 Å². The third-order valence-electron chi connectivity index (χ3n) is 2.09.